The molecule has 4 nitrogen and oxygen atoms in total. The summed E-state index contributed by atoms with van der Waals surface area (Å²) in [7, 11) is 0. The molecule has 2 heterocycles. The van der Waals surface area contributed by atoms with E-state index in [9.17, 15) is 10.1 Å². The minimum absolute atomic E-state index is 0.162. The molecule has 1 aliphatic rings. The van der Waals surface area contributed by atoms with Gasteiger partial charge in [-0.3, -0.25) is 15.0 Å². The number of hydrogen-bond acceptors (Lipinski definition) is 4. The average molecular weight is 288 g/mol. The summed E-state index contributed by atoms with van der Waals surface area (Å²) in [6, 6.07) is 9.12. The second-order valence-corrected chi connectivity index (χ2v) is 6.07. The highest BCUT2D eigenvalue weighted by Gasteiger charge is 2.16. The zero-order chi connectivity index (χ0) is 13.9. The first-order chi connectivity index (χ1) is 9.72. The first-order valence-electron chi connectivity index (χ1n) is 6.73. The fraction of sp³-hybridized carbons (Fsp3) is 0.333. The van der Waals surface area contributed by atoms with Crippen molar-refractivity contribution < 1.29 is 4.92 Å². The first-order valence-corrected chi connectivity index (χ1v) is 7.61. The molecule has 0 radical (unpaired) electrons. The third-order valence-corrected chi connectivity index (χ3v) is 4.71. The van der Waals surface area contributed by atoms with Crippen LogP contribution in [0.2, 0.25) is 0 Å². The van der Waals surface area contributed by atoms with E-state index < -0.39 is 0 Å². The van der Waals surface area contributed by atoms with Crippen LogP contribution in [0.15, 0.2) is 35.7 Å². The third kappa shape index (κ3) is 2.89. The lowest BCUT2D eigenvalue weighted by atomic mass is 10.1. The molecule has 0 amide bonds. The maximum absolute atomic E-state index is 10.6. The van der Waals surface area contributed by atoms with E-state index in [1.165, 1.54) is 10.4 Å². The molecule has 0 saturated heterocycles. The van der Waals surface area contributed by atoms with E-state index in [1.807, 2.05) is 23.5 Å². The van der Waals surface area contributed by atoms with Gasteiger partial charge in [0.25, 0.3) is 5.69 Å². The number of nitro groups is 1. The molecule has 2 aromatic rings. The second-order valence-electron chi connectivity index (χ2n) is 5.07. The monoisotopic (exact) mass is 288 g/mol. The summed E-state index contributed by atoms with van der Waals surface area (Å²) in [4.78, 5) is 14.2. The highest BCUT2D eigenvalue weighted by atomic mass is 32.1. The van der Waals surface area contributed by atoms with Crippen molar-refractivity contribution in [3.8, 4) is 0 Å². The van der Waals surface area contributed by atoms with Crippen molar-refractivity contribution in [3.63, 3.8) is 0 Å². The van der Waals surface area contributed by atoms with Crippen LogP contribution in [0.5, 0.6) is 0 Å². The standard InChI is InChI=1S/C15H16N2O2S/c18-17(19)14-3-1-12(2-4-14)5-8-16-9-6-13-7-10-20-15(13)11-16/h1-4,7,10H,5-6,8-9,11H2. The predicted molar refractivity (Wildman–Crippen MR) is 80.1 cm³/mol. The van der Waals surface area contributed by atoms with Crippen molar-refractivity contribution in [3.05, 3.63) is 61.8 Å². The average Bonchev–Trinajstić information content (AvgIpc) is 2.93. The van der Waals surface area contributed by atoms with E-state index in [0.29, 0.717) is 0 Å². The van der Waals surface area contributed by atoms with Gasteiger partial charge in [-0.15, -0.1) is 11.3 Å². The van der Waals surface area contributed by atoms with Gasteiger partial charge in [0.2, 0.25) is 0 Å². The Morgan fingerprint density at radius 3 is 2.80 bits per heavy atom. The zero-order valence-corrected chi connectivity index (χ0v) is 11.9. The minimum atomic E-state index is -0.354. The predicted octanol–water partition coefficient (Wildman–Crippen LogP) is 3.26. The third-order valence-electron chi connectivity index (χ3n) is 3.77. The van der Waals surface area contributed by atoms with Crippen LogP contribution in [-0.2, 0) is 19.4 Å². The molecule has 0 aliphatic carbocycles. The number of rotatable bonds is 4. The minimum Gasteiger partial charge on any atom is -0.298 e. The number of fused-ring (bicyclic) bond motifs is 1. The number of non-ortho nitro benzene ring substituents is 1. The number of nitro benzene ring substituents is 1. The molecule has 0 unspecified atom stereocenters. The van der Waals surface area contributed by atoms with Gasteiger partial charge in [-0.2, -0.15) is 0 Å². The number of thiophene rings is 1. The lowest BCUT2D eigenvalue weighted by Crippen LogP contribution is -2.31. The second kappa shape index (κ2) is 5.73. The van der Waals surface area contributed by atoms with Gasteiger partial charge >= 0.3 is 0 Å². The molecule has 0 saturated carbocycles. The molecule has 0 spiro atoms. The Morgan fingerprint density at radius 2 is 2.05 bits per heavy atom. The van der Waals surface area contributed by atoms with E-state index in [0.717, 1.165) is 38.0 Å². The number of hydrogen-bond donors (Lipinski definition) is 0. The van der Waals surface area contributed by atoms with Crippen molar-refractivity contribution in [2.75, 3.05) is 13.1 Å². The molecule has 3 rings (SSSR count). The quantitative estimate of drug-likeness (QED) is 0.641. The van der Waals surface area contributed by atoms with E-state index in [2.05, 4.69) is 16.3 Å². The van der Waals surface area contributed by atoms with Crippen molar-refractivity contribution in [2.45, 2.75) is 19.4 Å². The molecule has 0 N–H and O–H groups in total. The Labute approximate surface area is 121 Å². The van der Waals surface area contributed by atoms with Gasteiger partial charge in [-0.1, -0.05) is 12.1 Å². The Bertz CT molecular complexity index is 607. The van der Waals surface area contributed by atoms with Gasteiger partial charge < -0.3 is 0 Å². The topological polar surface area (TPSA) is 46.4 Å². The largest absolute Gasteiger partial charge is 0.298 e. The van der Waals surface area contributed by atoms with Crippen LogP contribution in [0, 0.1) is 10.1 Å². The number of benzene rings is 1. The van der Waals surface area contributed by atoms with Gasteiger partial charge in [0.1, 0.15) is 0 Å². The highest BCUT2D eigenvalue weighted by Crippen LogP contribution is 2.24. The summed E-state index contributed by atoms with van der Waals surface area (Å²) in [5.41, 5.74) is 2.82. The van der Waals surface area contributed by atoms with Gasteiger partial charge in [0.15, 0.2) is 0 Å². The fourth-order valence-electron chi connectivity index (χ4n) is 2.55. The van der Waals surface area contributed by atoms with Crippen molar-refractivity contribution in [1.82, 2.24) is 4.90 Å². The Kier molecular flexibility index (Phi) is 3.80. The molecule has 1 aliphatic heterocycles. The maximum Gasteiger partial charge on any atom is 0.269 e. The molecule has 0 atom stereocenters. The van der Waals surface area contributed by atoms with Gasteiger partial charge in [-0.25, -0.2) is 0 Å². The number of nitrogens with zero attached hydrogens (tertiary/aromatic N) is 2. The summed E-state index contributed by atoms with van der Waals surface area (Å²) in [6.45, 7) is 3.16. The van der Waals surface area contributed by atoms with Crippen molar-refractivity contribution in [1.29, 1.82) is 0 Å². The molecule has 1 aromatic carbocycles. The van der Waals surface area contributed by atoms with Crippen LogP contribution in [0.4, 0.5) is 5.69 Å². The Hall–Kier alpha value is -1.72. The van der Waals surface area contributed by atoms with Crippen LogP contribution < -0.4 is 0 Å². The summed E-state index contributed by atoms with van der Waals surface area (Å²) >= 11 is 1.84. The molecule has 20 heavy (non-hydrogen) atoms. The van der Waals surface area contributed by atoms with E-state index in [1.54, 1.807) is 12.1 Å². The van der Waals surface area contributed by atoms with E-state index in [4.69, 9.17) is 0 Å². The molecule has 0 bridgehead atoms. The lowest BCUT2D eigenvalue weighted by molar-refractivity contribution is -0.384. The summed E-state index contributed by atoms with van der Waals surface area (Å²) in [5.74, 6) is 0. The highest BCUT2D eigenvalue weighted by molar-refractivity contribution is 7.10. The van der Waals surface area contributed by atoms with Crippen LogP contribution >= 0.6 is 11.3 Å². The van der Waals surface area contributed by atoms with Crippen molar-refractivity contribution in [2.24, 2.45) is 0 Å². The maximum atomic E-state index is 10.6. The SMILES string of the molecule is O=[N+]([O-])c1ccc(CCN2CCc3ccsc3C2)cc1. The molecule has 104 valence electrons. The Morgan fingerprint density at radius 1 is 1.25 bits per heavy atom. The van der Waals surface area contributed by atoms with E-state index in [-0.39, 0.29) is 10.6 Å². The smallest absolute Gasteiger partial charge is 0.269 e. The molecule has 0 fully saturated rings. The summed E-state index contributed by atoms with van der Waals surface area (Å²) in [6.07, 6.45) is 2.08. The summed E-state index contributed by atoms with van der Waals surface area (Å²) < 4.78 is 0. The van der Waals surface area contributed by atoms with Gasteiger partial charge in [0.05, 0.1) is 4.92 Å². The van der Waals surface area contributed by atoms with Crippen molar-refractivity contribution >= 4 is 17.0 Å². The van der Waals surface area contributed by atoms with Gasteiger partial charge in [0, 0.05) is 36.6 Å². The van der Waals surface area contributed by atoms with Gasteiger partial charge in [-0.05, 0) is 35.4 Å². The van der Waals surface area contributed by atoms with Crippen LogP contribution in [0.25, 0.3) is 0 Å². The zero-order valence-electron chi connectivity index (χ0n) is 11.1. The first kappa shape index (κ1) is 13.3. The van der Waals surface area contributed by atoms with Crippen LogP contribution in [0.3, 0.4) is 0 Å². The molecular formula is C15H16N2O2S. The molecule has 1 aromatic heterocycles. The molecule has 5 heteroatoms. The normalized spacial score (nSPS) is 15.0. The Balaban J connectivity index is 1.56. The molecular weight excluding hydrogens is 272 g/mol. The summed E-state index contributed by atoms with van der Waals surface area (Å²) in [5, 5.41) is 12.8. The van der Waals surface area contributed by atoms with Crippen LogP contribution in [0.1, 0.15) is 16.0 Å². The van der Waals surface area contributed by atoms with Crippen LogP contribution in [-0.4, -0.2) is 22.9 Å². The lowest BCUT2D eigenvalue weighted by Gasteiger charge is -2.26. The van der Waals surface area contributed by atoms with E-state index >= 15 is 0 Å². The fourth-order valence-corrected chi connectivity index (χ4v) is 3.53.